The molecule has 4 nitrogen and oxygen atoms in total. The molecule has 3 aromatic rings. The molecule has 0 spiro atoms. The minimum Gasteiger partial charge on any atom is -0.340 e. The Bertz CT molecular complexity index is 883. The molecule has 134 valence electrons. The maximum Gasteiger partial charge on any atom is 0.421 e. The van der Waals surface area contributed by atoms with Gasteiger partial charge in [-0.05, 0) is 59.0 Å². The van der Waals surface area contributed by atoms with E-state index in [1.165, 1.54) is 0 Å². The Balaban J connectivity index is 2.00. The zero-order chi connectivity index (χ0) is 18.7. The van der Waals surface area contributed by atoms with Crippen molar-refractivity contribution in [2.24, 2.45) is 0 Å². The third kappa shape index (κ3) is 4.24. The van der Waals surface area contributed by atoms with Crippen molar-refractivity contribution in [1.82, 2.24) is 9.97 Å². The van der Waals surface area contributed by atoms with Gasteiger partial charge in [-0.2, -0.15) is 18.2 Å². The van der Waals surface area contributed by atoms with Crippen LogP contribution >= 0.6 is 22.6 Å². The Morgan fingerprint density at radius 2 is 1.65 bits per heavy atom. The number of nitrogens with one attached hydrogen (secondary N) is 1. The van der Waals surface area contributed by atoms with E-state index in [9.17, 15) is 13.2 Å². The van der Waals surface area contributed by atoms with Crippen molar-refractivity contribution in [1.29, 1.82) is 0 Å². The van der Waals surface area contributed by atoms with Gasteiger partial charge >= 0.3 is 6.18 Å². The molecule has 0 unspecified atom stereocenters. The normalized spacial score (nSPS) is 11.3. The van der Waals surface area contributed by atoms with Crippen LogP contribution in [-0.4, -0.2) is 17.0 Å². The number of hydrogen-bond acceptors (Lipinski definition) is 4. The highest BCUT2D eigenvalue weighted by atomic mass is 127. The van der Waals surface area contributed by atoms with Crippen molar-refractivity contribution >= 4 is 45.7 Å². The molecule has 3 rings (SSSR count). The van der Waals surface area contributed by atoms with Gasteiger partial charge < -0.3 is 10.2 Å². The lowest BCUT2D eigenvalue weighted by atomic mass is 10.2. The molecule has 0 aliphatic heterocycles. The molecule has 26 heavy (non-hydrogen) atoms. The van der Waals surface area contributed by atoms with E-state index in [4.69, 9.17) is 0 Å². The summed E-state index contributed by atoms with van der Waals surface area (Å²) in [5.74, 6) is -0.122. The van der Waals surface area contributed by atoms with Crippen molar-refractivity contribution in [3.63, 3.8) is 0 Å². The molecule has 1 N–H and O–H groups in total. The predicted octanol–water partition coefficient (Wildman–Crippen LogP) is 5.61. The van der Waals surface area contributed by atoms with Gasteiger partial charge in [0, 0.05) is 28.2 Å². The highest BCUT2D eigenvalue weighted by Crippen LogP contribution is 2.36. The highest BCUT2D eigenvalue weighted by molar-refractivity contribution is 14.1. The average Bonchev–Trinajstić information content (AvgIpc) is 2.63. The molecular weight excluding hydrogens is 456 g/mol. The van der Waals surface area contributed by atoms with Crippen LogP contribution in [0.25, 0.3) is 0 Å². The monoisotopic (exact) mass is 470 g/mol. The van der Waals surface area contributed by atoms with E-state index in [1.54, 1.807) is 36.2 Å². The maximum absolute atomic E-state index is 13.3. The van der Waals surface area contributed by atoms with Gasteiger partial charge in [-0.3, -0.25) is 0 Å². The Kier molecular flexibility index (Phi) is 5.30. The molecule has 1 aromatic heterocycles. The Morgan fingerprint density at radius 3 is 2.27 bits per heavy atom. The van der Waals surface area contributed by atoms with Gasteiger partial charge in [0.2, 0.25) is 5.95 Å². The third-order valence-corrected chi connectivity index (χ3v) is 4.35. The molecule has 0 radical (unpaired) electrons. The maximum atomic E-state index is 13.3. The fourth-order valence-corrected chi connectivity index (χ4v) is 2.63. The predicted molar refractivity (Wildman–Crippen MR) is 104 cm³/mol. The number of hydrogen-bond donors (Lipinski definition) is 1. The second-order valence-corrected chi connectivity index (χ2v) is 6.70. The van der Waals surface area contributed by atoms with E-state index in [2.05, 4.69) is 37.9 Å². The van der Waals surface area contributed by atoms with Crippen LogP contribution in [0.5, 0.6) is 0 Å². The van der Waals surface area contributed by atoms with E-state index >= 15 is 0 Å². The Morgan fingerprint density at radius 1 is 1.00 bits per heavy atom. The Hall–Kier alpha value is -2.36. The van der Waals surface area contributed by atoms with Crippen LogP contribution in [0, 0.1) is 3.57 Å². The first kappa shape index (κ1) is 18.4. The minimum absolute atomic E-state index is 0.164. The fraction of sp³-hybridized carbons (Fsp3) is 0.111. The molecule has 0 aliphatic rings. The lowest BCUT2D eigenvalue weighted by molar-refractivity contribution is -0.137. The van der Waals surface area contributed by atoms with Crippen LogP contribution < -0.4 is 10.2 Å². The Labute approximate surface area is 162 Å². The molecule has 1 heterocycles. The van der Waals surface area contributed by atoms with Gasteiger partial charge in [0.15, 0.2) is 0 Å². The summed E-state index contributed by atoms with van der Waals surface area (Å²) in [6.07, 6.45) is -3.76. The van der Waals surface area contributed by atoms with E-state index in [0.717, 1.165) is 15.5 Å². The number of anilines is 4. The SMILES string of the molecule is CN(c1ccccc1)c1ncc(C(F)(F)F)c(Nc2ccc(I)cc2)n1. The quantitative estimate of drug-likeness (QED) is 0.504. The van der Waals surface area contributed by atoms with Gasteiger partial charge in [-0.1, -0.05) is 18.2 Å². The third-order valence-electron chi connectivity index (χ3n) is 3.63. The first-order valence-corrected chi connectivity index (χ1v) is 8.68. The number of halogens is 4. The van der Waals surface area contributed by atoms with Gasteiger partial charge in [-0.25, -0.2) is 4.98 Å². The summed E-state index contributed by atoms with van der Waals surface area (Å²) in [6, 6.07) is 16.2. The van der Waals surface area contributed by atoms with Crippen LogP contribution in [0.15, 0.2) is 60.8 Å². The average molecular weight is 470 g/mol. The molecule has 0 bridgehead atoms. The van der Waals surface area contributed by atoms with Crippen LogP contribution in [0.4, 0.5) is 36.3 Å². The largest absolute Gasteiger partial charge is 0.421 e. The minimum atomic E-state index is -4.56. The molecule has 0 saturated carbocycles. The van der Waals surface area contributed by atoms with Crippen molar-refractivity contribution < 1.29 is 13.2 Å². The molecule has 0 aliphatic carbocycles. The number of rotatable bonds is 4. The first-order valence-electron chi connectivity index (χ1n) is 7.60. The summed E-state index contributed by atoms with van der Waals surface area (Å²) in [5, 5.41) is 2.75. The summed E-state index contributed by atoms with van der Waals surface area (Å²) < 4.78 is 41.0. The molecule has 8 heteroatoms. The number of aromatic nitrogens is 2. The number of benzene rings is 2. The molecule has 0 atom stereocenters. The topological polar surface area (TPSA) is 41.1 Å². The second-order valence-electron chi connectivity index (χ2n) is 5.46. The fourth-order valence-electron chi connectivity index (χ4n) is 2.27. The second kappa shape index (κ2) is 7.48. The van der Waals surface area contributed by atoms with Gasteiger partial charge in [0.25, 0.3) is 0 Å². The highest BCUT2D eigenvalue weighted by Gasteiger charge is 2.35. The standard InChI is InChI=1S/C18H14F3IN4/c1-26(14-5-3-2-4-6-14)17-23-11-15(18(19,20)21)16(25-17)24-13-9-7-12(22)8-10-13/h2-11H,1H3,(H,23,24,25). The van der Waals surface area contributed by atoms with Crippen molar-refractivity contribution in [2.45, 2.75) is 6.18 Å². The summed E-state index contributed by atoms with van der Waals surface area (Å²) >= 11 is 2.13. The number of nitrogens with zero attached hydrogens (tertiary/aromatic N) is 3. The molecule has 0 saturated heterocycles. The van der Waals surface area contributed by atoms with Crippen molar-refractivity contribution in [3.05, 3.63) is 69.9 Å². The molecule has 0 fully saturated rings. The van der Waals surface area contributed by atoms with Crippen LogP contribution in [0.1, 0.15) is 5.56 Å². The van der Waals surface area contributed by atoms with Crippen LogP contribution in [0.3, 0.4) is 0 Å². The lowest BCUT2D eigenvalue weighted by Gasteiger charge is -2.20. The molecule has 0 amide bonds. The molecular formula is C18H14F3IN4. The van der Waals surface area contributed by atoms with Gasteiger partial charge in [0.1, 0.15) is 11.4 Å². The smallest absolute Gasteiger partial charge is 0.340 e. The molecule has 2 aromatic carbocycles. The summed E-state index contributed by atoms with van der Waals surface area (Å²) in [5.41, 5.74) is 0.372. The zero-order valence-corrected chi connectivity index (χ0v) is 15.8. The van der Waals surface area contributed by atoms with Crippen LogP contribution in [-0.2, 0) is 6.18 Å². The lowest BCUT2D eigenvalue weighted by Crippen LogP contribution is -2.17. The first-order chi connectivity index (χ1) is 12.3. The summed E-state index contributed by atoms with van der Waals surface area (Å²) in [7, 11) is 1.70. The van der Waals surface area contributed by atoms with E-state index in [-0.39, 0.29) is 11.8 Å². The number of para-hydroxylation sites is 1. The summed E-state index contributed by atoms with van der Waals surface area (Å²) in [4.78, 5) is 9.63. The van der Waals surface area contributed by atoms with Gasteiger partial charge in [-0.15, -0.1) is 0 Å². The summed E-state index contributed by atoms with van der Waals surface area (Å²) in [6.45, 7) is 0. The van der Waals surface area contributed by atoms with Gasteiger partial charge in [0.05, 0.1) is 0 Å². The van der Waals surface area contributed by atoms with Crippen molar-refractivity contribution in [2.75, 3.05) is 17.3 Å². The van der Waals surface area contributed by atoms with E-state index in [0.29, 0.717) is 5.69 Å². The van der Waals surface area contributed by atoms with Crippen molar-refractivity contribution in [3.8, 4) is 0 Å². The zero-order valence-electron chi connectivity index (χ0n) is 13.6. The van der Waals surface area contributed by atoms with E-state index in [1.807, 2.05) is 30.3 Å². The van der Waals surface area contributed by atoms with Crippen LogP contribution in [0.2, 0.25) is 0 Å². The van der Waals surface area contributed by atoms with E-state index < -0.39 is 11.7 Å². The number of alkyl halides is 3.